The van der Waals surface area contributed by atoms with Crippen LogP contribution in [0, 0.1) is 0 Å². The van der Waals surface area contributed by atoms with Gasteiger partial charge < -0.3 is 9.52 Å². The van der Waals surface area contributed by atoms with E-state index in [4.69, 9.17) is 4.42 Å². The van der Waals surface area contributed by atoms with Crippen LogP contribution >= 0.6 is 0 Å². The van der Waals surface area contributed by atoms with Gasteiger partial charge in [0.15, 0.2) is 0 Å². The number of fused-ring (bicyclic) bond motifs is 2. The van der Waals surface area contributed by atoms with Gasteiger partial charge in [-0.05, 0) is 43.5 Å². The first-order chi connectivity index (χ1) is 10.7. The number of benzene rings is 1. The minimum Gasteiger partial charge on any atom is -0.508 e. The van der Waals surface area contributed by atoms with Gasteiger partial charge in [-0.2, -0.15) is 0 Å². The van der Waals surface area contributed by atoms with Crippen LogP contribution in [0.25, 0.3) is 11.0 Å². The molecule has 22 heavy (non-hydrogen) atoms. The number of nitrogens with zero attached hydrogens (tertiary/aromatic N) is 2. The molecule has 2 saturated heterocycles. The molecular formula is C17H20N2O3. The maximum atomic E-state index is 11.8. The fourth-order valence-corrected chi connectivity index (χ4v) is 3.86. The van der Waals surface area contributed by atoms with E-state index in [1.165, 1.54) is 38.4 Å². The molecule has 2 aliphatic heterocycles. The summed E-state index contributed by atoms with van der Waals surface area (Å²) in [6.45, 7) is 4.20. The van der Waals surface area contributed by atoms with Gasteiger partial charge in [-0.15, -0.1) is 0 Å². The second kappa shape index (κ2) is 5.41. The second-order valence-electron chi connectivity index (χ2n) is 6.25. The van der Waals surface area contributed by atoms with Crippen molar-refractivity contribution in [1.82, 2.24) is 9.80 Å². The highest BCUT2D eigenvalue weighted by atomic mass is 16.4. The fraction of sp³-hybridized carbons (Fsp3) is 0.471. The molecule has 3 heterocycles. The molecule has 0 radical (unpaired) electrons. The maximum Gasteiger partial charge on any atom is 0.336 e. The Hall–Kier alpha value is -1.85. The molecule has 1 atom stereocenters. The Balaban J connectivity index is 1.70. The van der Waals surface area contributed by atoms with E-state index in [1.54, 1.807) is 12.1 Å². The van der Waals surface area contributed by atoms with E-state index in [2.05, 4.69) is 9.80 Å². The Labute approximate surface area is 128 Å². The third-order valence-corrected chi connectivity index (χ3v) is 4.83. The molecule has 0 aliphatic carbocycles. The van der Waals surface area contributed by atoms with Crippen molar-refractivity contribution < 1.29 is 9.52 Å². The summed E-state index contributed by atoms with van der Waals surface area (Å²) in [5.41, 5.74) is 1.09. The normalized spacial score (nSPS) is 23.0. The molecule has 1 N–H and O–H groups in total. The average molecular weight is 300 g/mol. The van der Waals surface area contributed by atoms with Gasteiger partial charge >= 0.3 is 5.63 Å². The van der Waals surface area contributed by atoms with Gasteiger partial charge in [0, 0.05) is 37.2 Å². The summed E-state index contributed by atoms with van der Waals surface area (Å²) in [6, 6.07) is 6.58. The predicted octanol–water partition coefficient (Wildman–Crippen LogP) is 2.13. The first-order valence-corrected chi connectivity index (χ1v) is 7.94. The molecule has 116 valence electrons. The van der Waals surface area contributed by atoms with Crippen LogP contribution in [0.2, 0.25) is 0 Å². The van der Waals surface area contributed by atoms with Crippen molar-refractivity contribution in [3.63, 3.8) is 0 Å². The van der Waals surface area contributed by atoms with Gasteiger partial charge in [0.2, 0.25) is 0 Å². The van der Waals surface area contributed by atoms with Crippen molar-refractivity contribution in [2.75, 3.05) is 19.6 Å². The van der Waals surface area contributed by atoms with E-state index in [0.717, 1.165) is 24.0 Å². The Morgan fingerprint density at radius 1 is 1.18 bits per heavy atom. The second-order valence-corrected chi connectivity index (χ2v) is 6.25. The zero-order valence-electron chi connectivity index (χ0n) is 12.5. The summed E-state index contributed by atoms with van der Waals surface area (Å²) in [5, 5.41) is 10.5. The minimum absolute atomic E-state index is 0.118. The highest BCUT2D eigenvalue weighted by Gasteiger charge is 2.32. The molecule has 5 heteroatoms. The van der Waals surface area contributed by atoms with E-state index >= 15 is 0 Å². The Kier molecular flexibility index (Phi) is 3.39. The molecule has 2 aromatic rings. The molecule has 1 unspecified atom stereocenters. The standard InChI is InChI=1S/C17H20N2O3/c20-13-4-5-14-12(9-17(21)22-15(14)10-13)11-19-8-2-7-18-6-1-3-16(18)19/h4-5,9-10,16,20H,1-3,6-8,11H2. The largest absolute Gasteiger partial charge is 0.508 e. The van der Waals surface area contributed by atoms with Gasteiger partial charge in [-0.1, -0.05) is 0 Å². The maximum absolute atomic E-state index is 11.8. The van der Waals surface area contributed by atoms with Gasteiger partial charge in [0.05, 0.1) is 6.17 Å². The van der Waals surface area contributed by atoms with Gasteiger partial charge in [0.25, 0.3) is 0 Å². The van der Waals surface area contributed by atoms with Crippen LogP contribution in [0.15, 0.2) is 33.5 Å². The Morgan fingerprint density at radius 2 is 2.05 bits per heavy atom. The lowest BCUT2D eigenvalue weighted by Crippen LogP contribution is -2.49. The van der Waals surface area contributed by atoms with Crippen molar-refractivity contribution in [3.05, 3.63) is 40.2 Å². The summed E-state index contributed by atoms with van der Waals surface area (Å²) in [7, 11) is 0. The number of phenols is 1. The van der Waals surface area contributed by atoms with E-state index < -0.39 is 0 Å². The molecule has 0 saturated carbocycles. The third-order valence-electron chi connectivity index (χ3n) is 4.83. The summed E-state index contributed by atoms with van der Waals surface area (Å²) >= 11 is 0. The van der Waals surface area contributed by atoms with Gasteiger partial charge in [0.1, 0.15) is 11.3 Å². The highest BCUT2D eigenvalue weighted by molar-refractivity contribution is 5.81. The lowest BCUT2D eigenvalue weighted by Gasteiger charge is -2.40. The van der Waals surface area contributed by atoms with E-state index in [1.807, 2.05) is 6.07 Å². The Bertz CT molecular complexity index is 755. The lowest BCUT2D eigenvalue weighted by atomic mass is 10.1. The number of hydrogen-bond acceptors (Lipinski definition) is 5. The number of rotatable bonds is 2. The Morgan fingerprint density at radius 3 is 2.95 bits per heavy atom. The number of aromatic hydroxyl groups is 1. The smallest absolute Gasteiger partial charge is 0.336 e. The van der Waals surface area contributed by atoms with Crippen LogP contribution in [-0.2, 0) is 6.54 Å². The summed E-state index contributed by atoms with van der Waals surface area (Å²) in [6.07, 6.45) is 4.15. The molecule has 0 amide bonds. The summed E-state index contributed by atoms with van der Waals surface area (Å²) in [4.78, 5) is 16.8. The summed E-state index contributed by atoms with van der Waals surface area (Å²) < 4.78 is 5.21. The number of phenolic OH excluding ortho intramolecular Hbond substituents is 1. The average Bonchev–Trinajstić information content (AvgIpc) is 2.96. The van der Waals surface area contributed by atoms with Crippen molar-refractivity contribution in [1.29, 1.82) is 0 Å². The van der Waals surface area contributed by atoms with Crippen molar-refractivity contribution in [2.45, 2.75) is 32.0 Å². The molecule has 1 aromatic carbocycles. The van der Waals surface area contributed by atoms with Crippen LogP contribution < -0.4 is 5.63 Å². The molecule has 2 aliphatic rings. The van der Waals surface area contributed by atoms with Crippen LogP contribution in [0.3, 0.4) is 0 Å². The topological polar surface area (TPSA) is 56.9 Å². The zero-order chi connectivity index (χ0) is 15.1. The molecule has 5 nitrogen and oxygen atoms in total. The lowest BCUT2D eigenvalue weighted by molar-refractivity contribution is 0.0289. The molecular weight excluding hydrogens is 280 g/mol. The summed E-state index contributed by atoms with van der Waals surface area (Å²) in [5.74, 6) is 0.118. The molecule has 4 rings (SSSR count). The van der Waals surface area contributed by atoms with Crippen LogP contribution in [-0.4, -0.2) is 40.7 Å². The molecule has 0 bridgehead atoms. The molecule has 0 spiro atoms. The SMILES string of the molecule is O=c1cc(CN2CCCN3CCCC32)c2ccc(O)cc2o1. The van der Waals surface area contributed by atoms with Crippen LogP contribution in [0.4, 0.5) is 0 Å². The minimum atomic E-state index is -0.353. The first-order valence-electron chi connectivity index (χ1n) is 7.94. The van der Waals surface area contributed by atoms with Crippen molar-refractivity contribution >= 4 is 11.0 Å². The molecule has 2 fully saturated rings. The zero-order valence-corrected chi connectivity index (χ0v) is 12.5. The van der Waals surface area contributed by atoms with Crippen LogP contribution in [0.5, 0.6) is 5.75 Å². The fourth-order valence-electron chi connectivity index (χ4n) is 3.86. The van der Waals surface area contributed by atoms with Gasteiger partial charge in [-0.25, -0.2) is 4.79 Å². The highest BCUT2D eigenvalue weighted by Crippen LogP contribution is 2.28. The van der Waals surface area contributed by atoms with E-state index in [-0.39, 0.29) is 11.4 Å². The van der Waals surface area contributed by atoms with Crippen molar-refractivity contribution in [2.24, 2.45) is 0 Å². The van der Waals surface area contributed by atoms with E-state index in [0.29, 0.717) is 11.7 Å². The van der Waals surface area contributed by atoms with Crippen molar-refractivity contribution in [3.8, 4) is 5.75 Å². The predicted molar refractivity (Wildman–Crippen MR) is 83.8 cm³/mol. The first kappa shape index (κ1) is 13.8. The van der Waals surface area contributed by atoms with Crippen LogP contribution in [0.1, 0.15) is 24.8 Å². The monoisotopic (exact) mass is 300 g/mol. The van der Waals surface area contributed by atoms with E-state index in [9.17, 15) is 9.90 Å². The number of hydrogen-bond donors (Lipinski definition) is 1. The molecule has 1 aromatic heterocycles. The third kappa shape index (κ3) is 2.40. The van der Waals surface area contributed by atoms with Gasteiger partial charge in [-0.3, -0.25) is 9.80 Å². The quantitative estimate of drug-likeness (QED) is 0.861.